The molecule has 0 bridgehead atoms. The van der Waals surface area contributed by atoms with E-state index in [1.54, 1.807) is 12.1 Å². The SMILES string of the molecule is Cc1cc(C(N)=O)ccc1CN(CCCC(=O)O)C(C)C. The van der Waals surface area contributed by atoms with Gasteiger partial charge in [-0.25, -0.2) is 0 Å². The summed E-state index contributed by atoms with van der Waals surface area (Å²) in [5.41, 5.74) is 7.94. The van der Waals surface area contributed by atoms with Crippen molar-refractivity contribution in [2.75, 3.05) is 6.54 Å². The summed E-state index contributed by atoms with van der Waals surface area (Å²) in [6.45, 7) is 7.61. The maximum Gasteiger partial charge on any atom is 0.303 e. The number of nitrogens with two attached hydrogens (primary N) is 1. The quantitative estimate of drug-likeness (QED) is 0.769. The molecule has 5 nitrogen and oxygen atoms in total. The molecule has 0 heterocycles. The molecular formula is C16H24N2O3. The van der Waals surface area contributed by atoms with Crippen molar-refractivity contribution >= 4 is 11.9 Å². The summed E-state index contributed by atoms with van der Waals surface area (Å²) in [6, 6.07) is 5.78. The van der Waals surface area contributed by atoms with Gasteiger partial charge in [-0.1, -0.05) is 6.07 Å². The van der Waals surface area contributed by atoms with Crippen LogP contribution in [0.2, 0.25) is 0 Å². The second-order valence-corrected chi connectivity index (χ2v) is 5.57. The third-order valence-electron chi connectivity index (χ3n) is 3.57. The molecule has 1 rings (SSSR count). The number of aryl methyl sites for hydroxylation is 1. The lowest BCUT2D eigenvalue weighted by Gasteiger charge is -2.27. The number of amides is 1. The Hall–Kier alpha value is -1.88. The van der Waals surface area contributed by atoms with Crippen molar-refractivity contribution in [3.05, 3.63) is 34.9 Å². The summed E-state index contributed by atoms with van der Waals surface area (Å²) in [4.78, 5) is 24.0. The molecule has 1 amide bonds. The van der Waals surface area contributed by atoms with Gasteiger partial charge >= 0.3 is 5.97 Å². The van der Waals surface area contributed by atoms with Crippen LogP contribution in [0.3, 0.4) is 0 Å². The number of aliphatic carboxylic acids is 1. The van der Waals surface area contributed by atoms with Crippen LogP contribution in [0, 0.1) is 6.92 Å². The van der Waals surface area contributed by atoms with Gasteiger partial charge in [-0.15, -0.1) is 0 Å². The Kier molecular flexibility index (Phi) is 6.37. The van der Waals surface area contributed by atoms with Gasteiger partial charge in [0, 0.05) is 24.6 Å². The molecule has 1 aromatic carbocycles. The molecular weight excluding hydrogens is 268 g/mol. The smallest absolute Gasteiger partial charge is 0.303 e. The van der Waals surface area contributed by atoms with Crippen molar-refractivity contribution in [2.45, 2.75) is 46.2 Å². The summed E-state index contributed by atoms with van der Waals surface area (Å²) in [5, 5.41) is 8.72. The molecule has 1 aromatic rings. The highest BCUT2D eigenvalue weighted by atomic mass is 16.4. The zero-order valence-corrected chi connectivity index (χ0v) is 12.9. The molecule has 5 heteroatoms. The fourth-order valence-corrected chi connectivity index (χ4v) is 2.20. The van der Waals surface area contributed by atoms with Crippen LogP contribution in [0.4, 0.5) is 0 Å². The zero-order valence-electron chi connectivity index (χ0n) is 12.9. The molecule has 3 N–H and O–H groups in total. The number of carboxylic acid groups (broad SMARTS) is 1. The van der Waals surface area contributed by atoms with E-state index in [4.69, 9.17) is 10.8 Å². The van der Waals surface area contributed by atoms with Crippen molar-refractivity contribution in [3.63, 3.8) is 0 Å². The number of nitrogens with zero attached hydrogens (tertiary/aromatic N) is 1. The Morgan fingerprint density at radius 3 is 2.48 bits per heavy atom. The number of primary amides is 1. The maximum atomic E-state index is 11.2. The Labute approximate surface area is 125 Å². The van der Waals surface area contributed by atoms with Gasteiger partial charge in [-0.2, -0.15) is 0 Å². The summed E-state index contributed by atoms with van der Waals surface area (Å²) in [7, 11) is 0. The number of hydrogen-bond acceptors (Lipinski definition) is 3. The van der Waals surface area contributed by atoms with Crippen LogP contribution in [-0.4, -0.2) is 34.5 Å². The summed E-state index contributed by atoms with van der Waals surface area (Å²) < 4.78 is 0. The molecule has 0 spiro atoms. The number of carboxylic acids is 1. The van der Waals surface area contributed by atoms with E-state index in [0.29, 0.717) is 18.0 Å². The molecule has 0 aromatic heterocycles. The van der Waals surface area contributed by atoms with E-state index >= 15 is 0 Å². The largest absolute Gasteiger partial charge is 0.481 e. The highest BCUT2D eigenvalue weighted by Crippen LogP contribution is 2.15. The first-order chi connectivity index (χ1) is 9.81. The summed E-state index contributed by atoms with van der Waals surface area (Å²) >= 11 is 0. The average molecular weight is 292 g/mol. The summed E-state index contributed by atoms with van der Waals surface area (Å²) in [5.74, 6) is -1.19. The van der Waals surface area contributed by atoms with Gasteiger partial charge in [0.2, 0.25) is 5.91 Å². The Morgan fingerprint density at radius 2 is 2.00 bits per heavy atom. The zero-order chi connectivity index (χ0) is 16.0. The standard InChI is InChI=1S/C16H24N2O3/c1-11(2)18(8-4-5-15(19)20)10-14-7-6-13(16(17)21)9-12(14)3/h6-7,9,11H,4-5,8,10H2,1-3H3,(H2,17,21)(H,19,20). The molecule has 0 saturated carbocycles. The molecule has 0 aliphatic heterocycles. The molecule has 0 radical (unpaired) electrons. The lowest BCUT2D eigenvalue weighted by Crippen LogP contribution is -2.32. The molecule has 116 valence electrons. The molecule has 0 saturated heterocycles. The second kappa shape index (κ2) is 7.78. The van der Waals surface area contributed by atoms with Gasteiger partial charge in [0.15, 0.2) is 0 Å². The molecule has 0 unspecified atom stereocenters. The molecule has 0 aliphatic carbocycles. The maximum absolute atomic E-state index is 11.2. The first-order valence-electron chi connectivity index (χ1n) is 7.16. The third-order valence-corrected chi connectivity index (χ3v) is 3.57. The minimum absolute atomic E-state index is 0.183. The highest BCUT2D eigenvalue weighted by Gasteiger charge is 2.13. The van der Waals surface area contributed by atoms with E-state index in [9.17, 15) is 9.59 Å². The van der Waals surface area contributed by atoms with Crippen molar-refractivity contribution < 1.29 is 14.7 Å². The van der Waals surface area contributed by atoms with E-state index < -0.39 is 11.9 Å². The average Bonchev–Trinajstić information content (AvgIpc) is 2.38. The molecule has 0 aliphatic rings. The van der Waals surface area contributed by atoms with Crippen LogP contribution in [0.5, 0.6) is 0 Å². The van der Waals surface area contributed by atoms with Gasteiger partial charge in [-0.05, 0) is 57.0 Å². The van der Waals surface area contributed by atoms with Crippen LogP contribution < -0.4 is 5.73 Å². The van der Waals surface area contributed by atoms with Crippen molar-refractivity contribution in [3.8, 4) is 0 Å². The van der Waals surface area contributed by atoms with Gasteiger partial charge < -0.3 is 10.8 Å². The van der Waals surface area contributed by atoms with Crippen molar-refractivity contribution in [2.24, 2.45) is 5.73 Å². The van der Waals surface area contributed by atoms with Gasteiger partial charge in [-0.3, -0.25) is 14.5 Å². The normalized spacial score (nSPS) is 11.1. The fraction of sp³-hybridized carbons (Fsp3) is 0.500. The van der Waals surface area contributed by atoms with Crippen LogP contribution >= 0.6 is 0 Å². The van der Waals surface area contributed by atoms with E-state index in [1.807, 2.05) is 13.0 Å². The van der Waals surface area contributed by atoms with Crippen LogP contribution in [0.15, 0.2) is 18.2 Å². The van der Waals surface area contributed by atoms with Crippen molar-refractivity contribution in [1.29, 1.82) is 0 Å². The van der Waals surface area contributed by atoms with Crippen LogP contribution in [0.25, 0.3) is 0 Å². The summed E-state index contributed by atoms with van der Waals surface area (Å²) in [6.07, 6.45) is 0.814. The molecule has 0 fully saturated rings. The minimum Gasteiger partial charge on any atom is -0.481 e. The van der Waals surface area contributed by atoms with Gasteiger partial charge in [0.1, 0.15) is 0 Å². The Bertz CT molecular complexity index is 512. The number of carbonyl (C=O) groups excluding carboxylic acids is 1. The molecule has 21 heavy (non-hydrogen) atoms. The predicted molar refractivity (Wildman–Crippen MR) is 82.1 cm³/mol. The number of carbonyl (C=O) groups is 2. The number of hydrogen-bond donors (Lipinski definition) is 2. The first kappa shape index (κ1) is 17.2. The van der Waals surface area contributed by atoms with Crippen molar-refractivity contribution in [1.82, 2.24) is 4.90 Å². The van der Waals surface area contributed by atoms with Crippen LogP contribution in [-0.2, 0) is 11.3 Å². The minimum atomic E-state index is -0.763. The molecule has 0 atom stereocenters. The Morgan fingerprint density at radius 1 is 1.33 bits per heavy atom. The second-order valence-electron chi connectivity index (χ2n) is 5.57. The van der Waals surface area contributed by atoms with Gasteiger partial charge in [0.25, 0.3) is 0 Å². The third kappa shape index (κ3) is 5.55. The predicted octanol–water partition coefficient (Wildman–Crippen LogP) is 2.17. The fourth-order valence-electron chi connectivity index (χ4n) is 2.20. The first-order valence-corrected chi connectivity index (χ1v) is 7.16. The monoisotopic (exact) mass is 292 g/mol. The number of benzene rings is 1. The van der Waals surface area contributed by atoms with Gasteiger partial charge in [0.05, 0.1) is 0 Å². The lowest BCUT2D eigenvalue weighted by molar-refractivity contribution is -0.137. The van der Waals surface area contributed by atoms with Crippen LogP contribution in [0.1, 0.15) is 48.2 Å². The van der Waals surface area contributed by atoms with E-state index in [1.165, 1.54) is 0 Å². The van der Waals surface area contributed by atoms with E-state index in [-0.39, 0.29) is 6.42 Å². The van der Waals surface area contributed by atoms with E-state index in [0.717, 1.165) is 24.2 Å². The van der Waals surface area contributed by atoms with E-state index in [2.05, 4.69) is 18.7 Å². The highest BCUT2D eigenvalue weighted by molar-refractivity contribution is 5.93. The lowest BCUT2D eigenvalue weighted by atomic mass is 10.0. The number of rotatable bonds is 8. The Balaban J connectivity index is 2.75. The topological polar surface area (TPSA) is 83.6 Å².